The van der Waals surface area contributed by atoms with Gasteiger partial charge in [0.1, 0.15) is 61.3 Å². The van der Waals surface area contributed by atoms with Crippen LogP contribution in [0.25, 0.3) is 37.7 Å². The number of imidazole rings is 1. The van der Waals surface area contributed by atoms with Gasteiger partial charge in [-0.15, -0.1) is 37.3 Å². The monoisotopic (exact) mass is 1310 g/mol. The number of anilines is 1. The van der Waals surface area contributed by atoms with E-state index in [-0.39, 0.29) is 135 Å². The van der Waals surface area contributed by atoms with E-state index in [1.54, 1.807) is 6.92 Å². The fourth-order valence-corrected chi connectivity index (χ4v) is 13.3. The smallest absolute Gasteiger partial charge is 0.296 e. The summed E-state index contributed by atoms with van der Waals surface area (Å²) >= 11 is 1.68. The number of aromatic nitrogens is 3. The molecule has 0 aliphatic carbocycles. The van der Waals surface area contributed by atoms with E-state index in [2.05, 4.69) is 46.0 Å². The maximum Gasteiger partial charge on any atom is 0.296 e. The van der Waals surface area contributed by atoms with Crippen molar-refractivity contribution in [2.24, 2.45) is 30.7 Å². The van der Waals surface area contributed by atoms with E-state index in [4.69, 9.17) is 14.2 Å². The number of nitrogens with one attached hydrogen (secondary N) is 1. The third kappa shape index (κ3) is 14.3. The highest BCUT2D eigenvalue weighted by molar-refractivity contribution is 7.99. The Morgan fingerprint density at radius 3 is 2.00 bits per heavy atom. The molecule has 85 heavy (non-hydrogen) atoms. The summed E-state index contributed by atoms with van der Waals surface area (Å²) in [5, 5.41) is 50.1. The number of carbonyl (C=O) groups excluding carboxylic acids is 1. The summed E-state index contributed by atoms with van der Waals surface area (Å²) in [7, 11) is -21.4. The first-order chi connectivity index (χ1) is 39.7. The molecule has 0 unspecified atom stereocenters. The number of benzene rings is 5. The van der Waals surface area contributed by atoms with Crippen LogP contribution < -0.4 is 19.5 Å². The predicted molar refractivity (Wildman–Crippen MR) is 306 cm³/mol. The fraction of sp³-hybridized carbons (Fsp3) is 0.234. The zero-order valence-corrected chi connectivity index (χ0v) is 49.9. The minimum absolute atomic E-state index is 0.00187. The van der Waals surface area contributed by atoms with Gasteiger partial charge in [0.25, 0.3) is 50.6 Å². The van der Waals surface area contributed by atoms with Gasteiger partial charge in [0.2, 0.25) is 16.9 Å². The number of thioether (sulfide) groups is 1. The lowest BCUT2D eigenvalue weighted by Crippen LogP contribution is -2.08. The van der Waals surface area contributed by atoms with Crippen molar-refractivity contribution < 1.29 is 89.0 Å². The molecule has 0 fully saturated rings. The molecule has 448 valence electrons. The number of nitriles is 1. The summed E-state index contributed by atoms with van der Waals surface area (Å²) in [5.41, 5.74) is -1.51. The number of aryl methyl sites for hydroxylation is 1. The van der Waals surface area contributed by atoms with Gasteiger partial charge in [-0.2, -0.15) is 52.5 Å². The molecule has 5 aromatic carbocycles. The Morgan fingerprint density at radius 1 is 0.718 bits per heavy atom. The summed E-state index contributed by atoms with van der Waals surface area (Å²) in [6.07, 6.45) is -0.348. The first kappa shape index (κ1) is 63.1. The molecular formula is C47H43N11O20S7. The number of amides is 1. The lowest BCUT2D eigenvalue weighted by atomic mass is 10.1. The van der Waals surface area contributed by atoms with Gasteiger partial charge < -0.3 is 24.6 Å². The Kier molecular flexibility index (Phi) is 18.0. The van der Waals surface area contributed by atoms with Crippen LogP contribution in [0.4, 0.5) is 39.3 Å². The van der Waals surface area contributed by atoms with Gasteiger partial charge in [0, 0.05) is 52.4 Å². The largest absolute Gasteiger partial charge is 0.497 e. The lowest BCUT2D eigenvalue weighted by molar-refractivity contribution is -0.114. The van der Waals surface area contributed by atoms with E-state index in [9.17, 15) is 80.0 Å². The number of hydrogen-bond acceptors (Lipinski definition) is 26. The molecule has 7 N–H and O–H groups in total. The van der Waals surface area contributed by atoms with Crippen molar-refractivity contribution in [3.05, 3.63) is 71.3 Å². The molecule has 0 aliphatic heterocycles. The highest BCUT2D eigenvalue weighted by Gasteiger charge is 2.28. The number of thiazole rings is 1. The molecule has 3 heterocycles. The summed E-state index contributed by atoms with van der Waals surface area (Å²) in [6, 6.07) is 12.5. The molecule has 31 nitrogen and oxygen atoms in total. The first-order valence-corrected chi connectivity index (χ1v) is 33.1. The highest BCUT2D eigenvalue weighted by Crippen LogP contribution is 2.46. The predicted octanol–water partition coefficient (Wildman–Crippen LogP) is 9.43. The molecule has 38 heteroatoms. The van der Waals surface area contributed by atoms with Gasteiger partial charge in [0.05, 0.1) is 64.3 Å². The van der Waals surface area contributed by atoms with Crippen LogP contribution in [0, 0.1) is 25.2 Å². The maximum atomic E-state index is 12.7. The second-order valence-corrected chi connectivity index (χ2v) is 27.4. The molecule has 3 aromatic heterocycles. The summed E-state index contributed by atoms with van der Waals surface area (Å²) < 4.78 is 188. The number of pyridine rings is 1. The number of rotatable bonds is 22. The molecule has 0 atom stereocenters. The maximum absolute atomic E-state index is 12.7. The molecule has 0 spiro atoms. The lowest BCUT2D eigenvalue weighted by Gasteiger charge is -2.13. The second-order valence-electron chi connectivity index (χ2n) is 17.9. The van der Waals surface area contributed by atoms with E-state index in [1.807, 2.05) is 6.07 Å². The van der Waals surface area contributed by atoms with Gasteiger partial charge in [-0.3, -0.25) is 32.0 Å². The normalized spacial score (nSPS) is 12.9. The molecule has 0 bridgehead atoms. The third-order valence-corrected chi connectivity index (χ3v) is 18.3. The van der Waals surface area contributed by atoms with E-state index >= 15 is 0 Å². The van der Waals surface area contributed by atoms with Crippen molar-refractivity contribution in [3.63, 3.8) is 0 Å². The van der Waals surface area contributed by atoms with Gasteiger partial charge >= 0.3 is 0 Å². The van der Waals surface area contributed by atoms with Crippen LogP contribution in [0.2, 0.25) is 0 Å². The zero-order valence-electron chi connectivity index (χ0n) is 44.2. The van der Waals surface area contributed by atoms with Crippen LogP contribution in [0.5, 0.6) is 23.1 Å². The molecule has 8 aromatic rings. The van der Waals surface area contributed by atoms with Crippen molar-refractivity contribution in [3.8, 4) is 29.2 Å². The molecular weight excluding hydrogens is 1260 g/mol. The number of nitrogens with zero attached hydrogens (tertiary/aromatic N) is 10. The molecule has 8 rings (SSSR count). The SMILES string of the molecule is COc1cc(S(=O)(=O)O)c2c(c1)nc1c(C#N)c(C)c(N=Nc3cc(C)c(N=Nc4cc(NC(C)=O)c(N=Nc5nc6c(S(=O)(=O)O)cc7c(OC)cc(S(=O)(=O)O)cc7c6s5)cc4SCCCS(=O)(=O)O)cc3OCCCS(=O)(=O)O)c(O)n12. The highest BCUT2D eigenvalue weighted by atomic mass is 32.2. The molecule has 0 aliphatic rings. The van der Waals surface area contributed by atoms with Gasteiger partial charge in [-0.25, -0.2) is 9.97 Å². The van der Waals surface area contributed by atoms with Crippen LogP contribution in [0.3, 0.4) is 0 Å². The van der Waals surface area contributed by atoms with Crippen molar-refractivity contribution in [1.29, 1.82) is 5.26 Å². The van der Waals surface area contributed by atoms with Crippen LogP contribution >= 0.6 is 23.1 Å². The standard InChI is InChI=1S/C47H43N11O20S7/c1-22-12-33(54-56-41-23(2)29(21-48)45-50-35-13-25(76-4)14-40(85(73,74)75)43(35)58(45)46(41)60)37(78-8-6-10-81(61,62)63)19-30(22)52-55-34-18-31(49-24(3)59)32(20-38(34)79-9-7-11-82(64,65)66)53-57-47-51-42-39(84(70,71)72)17-27-28(44(42)80-47)15-26(83(67,68)69)16-36(27)77-5/h12-20,60H,6-11H2,1-5H3,(H,49,59)(H,61,62,63)(H,64,65,66)(H,67,68,69)(H,70,71,72)(H,73,74,75). The number of methoxy groups -OCH3 is 2. The minimum Gasteiger partial charge on any atom is -0.497 e. The summed E-state index contributed by atoms with van der Waals surface area (Å²) in [6.45, 7) is 3.74. The Labute approximate surface area is 489 Å². The fourth-order valence-electron chi connectivity index (χ4n) is 8.25. The van der Waals surface area contributed by atoms with Crippen LogP contribution in [-0.2, 0) is 55.4 Å². The average Bonchev–Trinajstić information content (AvgIpc) is 2.16. The first-order valence-electron chi connectivity index (χ1n) is 23.7. The Balaban J connectivity index is 1.24. The van der Waals surface area contributed by atoms with Crippen LogP contribution in [0.1, 0.15) is 36.5 Å². The number of aromatic hydroxyl groups is 1. The third-order valence-electron chi connectivity index (χ3n) is 12.0. The van der Waals surface area contributed by atoms with Crippen LogP contribution in [0.15, 0.2) is 105 Å². The number of azo groups is 3. The average molecular weight is 1310 g/mol. The van der Waals surface area contributed by atoms with E-state index in [0.29, 0.717) is 16.9 Å². The molecule has 0 saturated carbocycles. The zero-order chi connectivity index (χ0) is 62.3. The number of fused-ring (bicyclic) bond motifs is 6. The van der Waals surface area contributed by atoms with Crippen molar-refractivity contribution in [2.45, 2.75) is 53.2 Å². The summed E-state index contributed by atoms with van der Waals surface area (Å²) in [5.74, 6) is -3.13. The van der Waals surface area contributed by atoms with E-state index < -0.39 is 88.6 Å². The van der Waals surface area contributed by atoms with E-state index in [0.717, 1.165) is 54.5 Å². The Hall–Kier alpha value is -7.94. The van der Waals surface area contributed by atoms with Crippen LogP contribution in [-0.4, -0.2) is 128 Å². The minimum atomic E-state index is -5.03. The summed E-state index contributed by atoms with van der Waals surface area (Å²) in [4.78, 5) is 19.4. The Morgan fingerprint density at radius 2 is 1.38 bits per heavy atom. The Bertz CT molecular complexity index is 4850. The second kappa shape index (κ2) is 24.2. The van der Waals surface area contributed by atoms with Crippen molar-refractivity contribution >= 4 is 157 Å². The molecule has 0 saturated heterocycles. The number of carbonyl (C=O) groups is 1. The topological polar surface area (TPSA) is 477 Å². The van der Waals surface area contributed by atoms with Crippen molar-refractivity contribution in [2.75, 3.05) is 43.4 Å². The van der Waals surface area contributed by atoms with Gasteiger partial charge in [0.15, 0.2) is 11.3 Å². The van der Waals surface area contributed by atoms with Gasteiger partial charge in [-0.1, -0.05) is 11.3 Å². The number of hydrogen-bond donors (Lipinski definition) is 7. The van der Waals surface area contributed by atoms with Crippen molar-refractivity contribution in [1.82, 2.24) is 14.4 Å². The molecule has 0 radical (unpaired) electrons. The van der Waals surface area contributed by atoms with Gasteiger partial charge in [-0.05, 0) is 68.3 Å². The van der Waals surface area contributed by atoms with E-state index in [1.165, 1.54) is 44.4 Å². The quantitative estimate of drug-likeness (QED) is 0.0144. The molecule has 1 amide bonds. The number of ether oxygens (including phenoxy) is 3.